The molecule has 1 rings (SSSR count). The summed E-state index contributed by atoms with van der Waals surface area (Å²) < 4.78 is 7.86. The van der Waals surface area contributed by atoms with E-state index in [4.69, 9.17) is 5.73 Å². The number of aromatic nitrogens is 2. The Morgan fingerprint density at radius 3 is 3.18 bits per heavy atom. The molecule has 4 heteroatoms. The summed E-state index contributed by atoms with van der Waals surface area (Å²) in [6, 6.07) is -0.0822. The average Bonchev–Trinajstić information content (AvgIpc) is 2.52. The van der Waals surface area contributed by atoms with Gasteiger partial charge in [-0.2, -0.15) is 8.75 Å². The fourth-order valence-corrected chi connectivity index (χ4v) is 1.13. The van der Waals surface area contributed by atoms with E-state index >= 15 is 0 Å². The fourth-order valence-electron chi connectivity index (χ4n) is 0.652. The van der Waals surface area contributed by atoms with Gasteiger partial charge in [-0.25, -0.2) is 0 Å². The maximum Gasteiger partial charge on any atom is 0.0919 e. The minimum Gasteiger partial charge on any atom is -0.322 e. The molecule has 0 saturated carbocycles. The van der Waals surface area contributed by atoms with Crippen molar-refractivity contribution in [3.8, 4) is 11.8 Å². The molecule has 0 aliphatic carbocycles. The number of hydrogen-bond acceptors (Lipinski definition) is 4. The van der Waals surface area contributed by atoms with Crippen LogP contribution in [0.15, 0.2) is 6.20 Å². The quantitative estimate of drug-likeness (QED) is 0.667. The summed E-state index contributed by atoms with van der Waals surface area (Å²) >= 11 is 1.17. The molecule has 0 amide bonds. The molecule has 1 heterocycles. The van der Waals surface area contributed by atoms with Crippen LogP contribution < -0.4 is 5.73 Å². The van der Waals surface area contributed by atoms with Gasteiger partial charge in [0.25, 0.3) is 0 Å². The van der Waals surface area contributed by atoms with Crippen molar-refractivity contribution < 1.29 is 0 Å². The number of rotatable bonds is 2. The second kappa shape index (κ2) is 4.06. The summed E-state index contributed by atoms with van der Waals surface area (Å²) in [5.74, 6) is 5.68. The van der Waals surface area contributed by atoms with Gasteiger partial charge in [-0.15, -0.1) is 11.8 Å². The van der Waals surface area contributed by atoms with E-state index < -0.39 is 0 Å². The topological polar surface area (TPSA) is 51.8 Å². The molecule has 11 heavy (non-hydrogen) atoms. The van der Waals surface area contributed by atoms with E-state index in [0.717, 1.165) is 5.69 Å². The van der Waals surface area contributed by atoms with Crippen LogP contribution in [0.4, 0.5) is 0 Å². The third-order valence-electron chi connectivity index (χ3n) is 1.26. The molecule has 58 valence electrons. The highest BCUT2D eigenvalue weighted by molar-refractivity contribution is 6.99. The van der Waals surface area contributed by atoms with Gasteiger partial charge in [0.05, 0.1) is 29.7 Å². The molecule has 0 radical (unpaired) electrons. The van der Waals surface area contributed by atoms with E-state index in [1.54, 1.807) is 13.1 Å². The van der Waals surface area contributed by atoms with Crippen LogP contribution in [0, 0.1) is 11.8 Å². The Balaban J connectivity index is 2.53. The summed E-state index contributed by atoms with van der Waals surface area (Å²) in [5, 5.41) is 0. The molecule has 0 saturated heterocycles. The van der Waals surface area contributed by atoms with Gasteiger partial charge < -0.3 is 5.73 Å². The van der Waals surface area contributed by atoms with Gasteiger partial charge in [0, 0.05) is 6.42 Å². The van der Waals surface area contributed by atoms with E-state index in [-0.39, 0.29) is 6.04 Å². The van der Waals surface area contributed by atoms with E-state index in [2.05, 4.69) is 20.6 Å². The van der Waals surface area contributed by atoms with Crippen molar-refractivity contribution in [2.45, 2.75) is 19.4 Å². The minimum atomic E-state index is -0.0822. The maximum atomic E-state index is 5.73. The normalized spacial score (nSPS) is 11.8. The Kier molecular flexibility index (Phi) is 3.02. The average molecular weight is 167 g/mol. The molecule has 0 aromatic carbocycles. The van der Waals surface area contributed by atoms with Gasteiger partial charge in [0.15, 0.2) is 0 Å². The third kappa shape index (κ3) is 2.30. The van der Waals surface area contributed by atoms with Crippen LogP contribution in [0.25, 0.3) is 0 Å². The molecule has 0 spiro atoms. The van der Waals surface area contributed by atoms with Gasteiger partial charge in [0.1, 0.15) is 0 Å². The molecular formula is C7H9N3S. The second-order valence-electron chi connectivity index (χ2n) is 2.07. The molecule has 3 nitrogen and oxygen atoms in total. The van der Waals surface area contributed by atoms with Crippen molar-refractivity contribution in [3.05, 3.63) is 11.9 Å². The van der Waals surface area contributed by atoms with E-state index in [1.807, 2.05) is 0 Å². The van der Waals surface area contributed by atoms with Crippen molar-refractivity contribution in [2.75, 3.05) is 0 Å². The third-order valence-corrected chi connectivity index (χ3v) is 1.75. The van der Waals surface area contributed by atoms with Gasteiger partial charge in [-0.1, -0.05) is 0 Å². The Hall–Kier alpha value is -0.920. The smallest absolute Gasteiger partial charge is 0.0919 e. The van der Waals surface area contributed by atoms with Crippen LogP contribution in [0.2, 0.25) is 0 Å². The zero-order valence-corrected chi connectivity index (χ0v) is 7.06. The summed E-state index contributed by atoms with van der Waals surface area (Å²) in [6.45, 7) is 1.80. The zero-order valence-electron chi connectivity index (χ0n) is 6.24. The SMILES string of the molecule is CC#CCC(N)c1cnsn1. The predicted molar refractivity (Wildman–Crippen MR) is 44.9 cm³/mol. The van der Waals surface area contributed by atoms with E-state index in [1.165, 1.54) is 11.7 Å². The fraction of sp³-hybridized carbons (Fsp3) is 0.429. The van der Waals surface area contributed by atoms with Crippen LogP contribution in [0.3, 0.4) is 0 Å². The Labute approximate surface area is 70.0 Å². The molecule has 0 bridgehead atoms. The molecule has 2 N–H and O–H groups in total. The van der Waals surface area contributed by atoms with Crippen molar-refractivity contribution in [1.29, 1.82) is 0 Å². The van der Waals surface area contributed by atoms with Crippen LogP contribution in [0.1, 0.15) is 25.1 Å². The summed E-state index contributed by atoms with van der Waals surface area (Å²) in [5.41, 5.74) is 6.56. The first-order valence-electron chi connectivity index (χ1n) is 3.27. The standard InChI is InChI=1S/C7H9N3S/c1-2-3-4-6(8)7-5-9-11-10-7/h5-6H,4,8H2,1H3. The first-order chi connectivity index (χ1) is 5.34. The lowest BCUT2D eigenvalue weighted by Gasteiger charge is -2.00. The lowest BCUT2D eigenvalue weighted by Crippen LogP contribution is -2.09. The largest absolute Gasteiger partial charge is 0.322 e. The molecule has 1 aromatic rings. The number of nitrogens with zero attached hydrogens (tertiary/aromatic N) is 2. The number of nitrogens with two attached hydrogens (primary N) is 1. The highest BCUT2D eigenvalue weighted by Crippen LogP contribution is 2.09. The van der Waals surface area contributed by atoms with Gasteiger partial charge >= 0.3 is 0 Å². The lowest BCUT2D eigenvalue weighted by atomic mass is 10.2. The summed E-state index contributed by atoms with van der Waals surface area (Å²) in [6.07, 6.45) is 2.34. The van der Waals surface area contributed by atoms with Crippen LogP contribution in [0.5, 0.6) is 0 Å². The predicted octanol–water partition coefficient (Wildman–Crippen LogP) is 0.951. The molecule has 1 atom stereocenters. The van der Waals surface area contributed by atoms with Crippen molar-refractivity contribution >= 4 is 11.7 Å². The Morgan fingerprint density at radius 2 is 2.64 bits per heavy atom. The summed E-state index contributed by atoms with van der Waals surface area (Å²) in [4.78, 5) is 0. The van der Waals surface area contributed by atoms with Crippen LogP contribution in [-0.4, -0.2) is 8.75 Å². The molecular weight excluding hydrogens is 158 g/mol. The van der Waals surface area contributed by atoms with Gasteiger partial charge in [-0.3, -0.25) is 0 Å². The Morgan fingerprint density at radius 1 is 1.82 bits per heavy atom. The molecule has 0 aliphatic heterocycles. The van der Waals surface area contributed by atoms with Gasteiger partial charge in [0.2, 0.25) is 0 Å². The maximum absolute atomic E-state index is 5.73. The van der Waals surface area contributed by atoms with Crippen molar-refractivity contribution in [1.82, 2.24) is 8.75 Å². The van der Waals surface area contributed by atoms with E-state index in [9.17, 15) is 0 Å². The number of hydrogen-bond donors (Lipinski definition) is 1. The molecule has 1 unspecified atom stereocenters. The zero-order chi connectivity index (χ0) is 8.10. The van der Waals surface area contributed by atoms with E-state index in [0.29, 0.717) is 6.42 Å². The van der Waals surface area contributed by atoms with Gasteiger partial charge in [-0.05, 0) is 6.92 Å². The van der Waals surface area contributed by atoms with Crippen LogP contribution in [-0.2, 0) is 0 Å². The summed E-state index contributed by atoms with van der Waals surface area (Å²) in [7, 11) is 0. The second-order valence-corrected chi connectivity index (χ2v) is 2.63. The van der Waals surface area contributed by atoms with Crippen LogP contribution >= 0.6 is 11.7 Å². The first kappa shape index (κ1) is 8.18. The molecule has 0 fully saturated rings. The van der Waals surface area contributed by atoms with Crippen molar-refractivity contribution in [2.24, 2.45) is 5.73 Å². The highest BCUT2D eigenvalue weighted by atomic mass is 32.1. The first-order valence-corrected chi connectivity index (χ1v) is 4.00. The lowest BCUT2D eigenvalue weighted by molar-refractivity contribution is 0.734. The molecule has 1 aromatic heterocycles. The molecule has 0 aliphatic rings. The minimum absolute atomic E-state index is 0.0822. The highest BCUT2D eigenvalue weighted by Gasteiger charge is 2.05. The Bertz CT molecular complexity index is 257. The monoisotopic (exact) mass is 167 g/mol. The van der Waals surface area contributed by atoms with Crippen molar-refractivity contribution in [3.63, 3.8) is 0 Å².